The molecule has 0 fully saturated rings. The zero-order valence-corrected chi connectivity index (χ0v) is 17.9. The van der Waals surface area contributed by atoms with Crippen molar-refractivity contribution in [2.24, 2.45) is 0 Å². The van der Waals surface area contributed by atoms with Gasteiger partial charge in [-0.25, -0.2) is 9.78 Å². The maximum atomic E-state index is 14.4. The van der Waals surface area contributed by atoms with Crippen LogP contribution < -0.4 is 16.6 Å². The summed E-state index contributed by atoms with van der Waals surface area (Å²) >= 11 is 0. The molecule has 0 saturated carbocycles. The predicted molar refractivity (Wildman–Crippen MR) is 120 cm³/mol. The van der Waals surface area contributed by atoms with Crippen molar-refractivity contribution in [3.05, 3.63) is 80.0 Å². The summed E-state index contributed by atoms with van der Waals surface area (Å²) in [5.74, 6) is -1.08. The van der Waals surface area contributed by atoms with Crippen LogP contribution in [0.4, 0.5) is 4.39 Å². The Morgan fingerprint density at radius 2 is 2.06 bits per heavy atom. The smallest absolute Gasteiger partial charge is 0.328 e. The lowest BCUT2D eigenvalue weighted by molar-refractivity contribution is 0.0957. The highest BCUT2D eigenvalue weighted by Gasteiger charge is 2.18. The van der Waals surface area contributed by atoms with Gasteiger partial charge >= 0.3 is 5.69 Å². The van der Waals surface area contributed by atoms with E-state index in [1.807, 2.05) is 18.2 Å². The molecule has 0 saturated heterocycles. The predicted octanol–water partition coefficient (Wildman–Crippen LogP) is 1.89. The van der Waals surface area contributed by atoms with E-state index in [4.69, 9.17) is 0 Å². The molecule has 3 heterocycles. The number of amides is 1. The lowest BCUT2D eigenvalue weighted by Gasteiger charge is -2.26. The normalized spacial score (nSPS) is 14.4. The second kappa shape index (κ2) is 8.88. The number of H-pyrrole nitrogens is 1. The number of halogens is 1. The zero-order valence-electron chi connectivity index (χ0n) is 17.9. The van der Waals surface area contributed by atoms with Crippen molar-refractivity contribution < 1.29 is 9.18 Å². The number of fused-ring (bicyclic) bond motifs is 1. The fourth-order valence-electron chi connectivity index (χ4n) is 3.97. The highest BCUT2D eigenvalue weighted by atomic mass is 19.1. The van der Waals surface area contributed by atoms with Crippen LogP contribution in [0.2, 0.25) is 0 Å². The Hall–Kier alpha value is -3.59. The van der Waals surface area contributed by atoms with E-state index in [9.17, 15) is 18.8 Å². The van der Waals surface area contributed by atoms with Crippen LogP contribution >= 0.6 is 0 Å². The van der Waals surface area contributed by atoms with Crippen molar-refractivity contribution in [1.82, 2.24) is 24.8 Å². The van der Waals surface area contributed by atoms with E-state index in [0.29, 0.717) is 49.1 Å². The van der Waals surface area contributed by atoms with Gasteiger partial charge in [0.2, 0.25) is 5.95 Å². The van der Waals surface area contributed by atoms with Crippen LogP contribution in [-0.2, 0) is 13.1 Å². The highest BCUT2D eigenvalue weighted by Crippen LogP contribution is 2.25. The Kier molecular flexibility index (Phi) is 6.00. The number of hydrogen-bond acceptors (Lipinski definition) is 5. The quantitative estimate of drug-likeness (QED) is 0.594. The maximum Gasteiger partial charge on any atom is 0.328 e. The van der Waals surface area contributed by atoms with Crippen molar-refractivity contribution in [1.29, 1.82) is 0 Å². The van der Waals surface area contributed by atoms with E-state index in [-0.39, 0.29) is 11.3 Å². The van der Waals surface area contributed by atoms with Gasteiger partial charge in [-0.2, -0.15) is 4.39 Å². The van der Waals surface area contributed by atoms with Gasteiger partial charge in [-0.05, 0) is 48.7 Å². The van der Waals surface area contributed by atoms with Gasteiger partial charge in [-0.15, -0.1) is 0 Å². The summed E-state index contributed by atoms with van der Waals surface area (Å²) in [6, 6.07) is 8.58. The summed E-state index contributed by atoms with van der Waals surface area (Å²) in [4.78, 5) is 44.9. The van der Waals surface area contributed by atoms with Crippen molar-refractivity contribution in [2.45, 2.75) is 26.4 Å². The summed E-state index contributed by atoms with van der Waals surface area (Å²) in [6.07, 6.45) is 2.61. The van der Waals surface area contributed by atoms with Crippen molar-refractivity contribution in [3.63, 3.8) is 0 Å². The second-order valence-electron chi connectivity index (χ2n) is 7.69. The molecule has 1 aromatic carbocycles. The molecule has 1 aliphatic rings. The van der Waals surface area contributed by atoms with Crippen LogP contribution in [-0.4, -0.2) is 45.5 Å². The van der Waals surface area contributed by atoms with Crippen LogP contribution in [0.5, 0.6) is 0 Å². The second-order valence-corrected chi connectivity index (χ2v) is 7.69. The molecule has 0 aliphatic carbocycles. The Labute approximate surface area is 183 Å². The van der Waals surface area contributed by atoms with Gasteiger partial charge in [0.15, 0.2) is 0 Å². The summed E-state index contributed by atoms with van der Waals surface area (Å²) in [5, 5.41) is 2.92. The molecule has 9 heteroatoms. The third-order valence-corrected chi connectivity index (χ3v) is 5.72. The number of pyridine rings is 1. The van der Waals surface area contributed by atoms with Gasteiger partial charge in [-0.3, -0.25) is 19.1 Å². The highest BCUT2D eigenvalue weighted by molar-refractivity contribution is 5.92. The topological polar surface area (TPSA) is 100 Å². The molecule has 0 spiro atoms. The third kappa shape index (κ3) is 4.11. The van der Waals surface area contributed by atoms with Gasteiger partial charge in [0.05, 0.1) is 10.9 Å². The average Bonchev–Trinajstić information content (AvgIpc) is 2.79. The fourth-order valence-corrected chi connectivity index (χ4v) is 3.97. The first-order valence-corrected chi connectivity index (χ1v) is 10.5. The van der Waals surface area contributed by atoms with Gasteiger partial charge < -0.3 is 10.3 Å². The number of aromatic nitrogens is 3. The number of carbonyl (C=O) groups excluding carboxylic acids is 1. The Balaban J connectivity index is 1.50. The Morgan fingerprint density at radius 3 is 2.72 bits per heavy atom. The minimum Gasteiger partial charge on any atom is -0.354 e. The van der Waals surface area contributed by atoms with Crippen LogP contribution in [0.25, 0.3) is 16.5 Å². The number of carbonyl (C=O) groups is 1. The maximum absolute atomic E-state index is 14.4. The molecule has 166 valence electrons. The van der Waals surface area contributed by atoms with E-state index in [2.05, 4.69) is 20.2 Å². The molecule has 1 amide bonds. The molecule has 0 radical (unpaired) electrons. The number of aromatic amines is 1. The molecular weight excluding hydrogens is 413 g/mol. The average molecular weight is 437 g/mol. The number of nitrogens with zero attached hydrogens (tertiary/aromatic N) is 3. The Morgan fingerprint density at radius 1 is 1.25 bits per heavy atom. The van der Waals surface area contributed by atoms with E-state index >= 15 is 0 Å². The lowest BCUT2D eigenvalue weighted by atomic mass is 10.00. The fraction of sp³-hybridized carbons (Fsp3) is 0.304. The first-order chi connectivity index (χ1) is 15.4. The summed E-state index contributed by atoms with van der Waals surface area (Å²) in [6.45, 7) is 4.05. The van der Waals surface area contributed by atoms with Crippen molar-refractivity contribution >= 4 is 22.4 Å². The molecule has 8 nitrogen and oxygen atoms in total. The first kappa shape index (κ1) is 21.6. The first-order valence-electron chi connectivity index (χ1n) is 10.5. The van der Waals surface area contributed by atoms with Gasteiger partial charge in [0, 0.05) is 38.8 Å². The van der Waals surface area contributed by atoms with E-state index in [0.717, 1.165) is 11.1 Å². The number of benzene rings is 1. The third-order valence-electron chi connectivity index (χ3n) is 5.72. The number of rotatable bonds is 5. The molecule has 2 N–H and O–H groups in total. The minimum absolute atomic E-state index is 0.0480. The lowest BCUT2D eigenvalue weighted by Crippen LogP contribution is -2.34. The van der Waals surface area contributed by atoms with Crippen LogP contribution in [0.1, 0.15) is 35.0 Å². The summed E-state index contributed by atoms with van der Waals surface area (Å²) in [5.41, 5.74) is 2.12. The van der Waals surface area contributed by atoms with E-state index < -0.39 is 17.5 Å². The Bertz CT molecular complexity index is 1340. The van der Waals surface area contributed by atoms with E-state index in [1.54, 1.807) is 19.1 Å². The van der Waals surface area contributed by atoms with Gasteiger partial charge in [0.25, 0.3) is 11.5 Å². The number of hydrogen-bond donors (Lipinski definition) is 2. The van der Waals surface area contributed by atoms with Crippen LogP contribution in [0.3, 0.4) is 0 Å². The molecule has 32 heavy (non-hydrogen) atoms. The summed E-state index contributed by atoms with van der Waals surface area (Å²) in [7, 11) is 1.47. The minimum atomic E-state index is -0.651. The van der Waals surface area contributed by atoms with Gasteiger partial charge in [-0.1, -0.05) is 12.1 Å². The standard InChI is InChI=1S/C23H24FN5O3/c1-3-29-22(31)17-5-4-14(12-19(17)27-23(29)32)13-28-10-8-15(9-11-28)16-6-7-18(21(30)25-2)26-20(16)24/h4-8,12H,3,9-11,13H2,1-2H3,(H,25,30)(H,27,32). The molecule has 1 aliphatic heterocycles. The largest absolute Gasteiger partial charge is 0.354 e. The molecule has 3 aromatic rings. The monoisotopic (exact) mass is 437 g/mol. The molecule has 0 bridgehead atoms. The molecule has 0 atom stereocenters. The van der Waals surface area contributed by atoms with Crippen molar-refractivity contribution in [3.8, 4) is 0 Å². The summed E-state index contributed by atoms with van der Waals surface area (Å²) < 4.78 is 15.6. The van der Waals surface area contributed by atoms with Gasteiger partial charge in [0.1, 0.15) is 5.69 Å². The molecule has 0 unspecified atom stereocenters. The van der Waals surface area contributed by atoms with E-state index in [1.165, 1.54) is 17.7 Å². The molecule has 2 aromatic heterocycles. The number of nitrogens with one attached hydrogen (secondary N) is 2. The van der Waals surface area contributed by atoms with Crippen LogP contribution in [0, 0.1) is 5.95 Å². The SMILES string of the molecule is CCn1c(=O)[nH]c2cc(CN3CC=C(c4ccc(C(=O)NC)nc4F)CC3)ccc2c1=O. The van der Waals surface area contributed by atoms with Crippen LogP contribution in [0.15, 0.2) is 46.0 Å². The molecule has 4 rings (SSSR count). The molecular formula is C23H24FN5O3. The van der Waals surface area contributed by atoms with Crippen molar-refractivity contribution in [2.75, 3.05) is 20.1 Å². The zero-order chi connectivity index (χ0) is 22.8.